The van der Waals surface area contributed by atoms with E-state index >= 15 is 0 Å². The number of rotatable bonds is 4. The fourth-order valence-electron chi connectivity index (χ4n) is 4.25. The Bertz CT molecular complexity index is 954. The van der Waals surface area contributed by atoms with E-state index in [1.54, 1.807) is 0 Å². The number of alkyl halides is 2. The highest BCUT2D eigenvalue weighted by Crippen LogP contribution is 2.46. The fraction of sp³-hybridized carbons (Fsp3) is 0.667. The molecule has 10 heteroatoms. The zero-order valence-electron chi connectivity index (χ0n) is 15.7. The van der Waals surface area contributed by atoms with Gasteiger partial charge in [-0.05, 0) is 25.7 Å². The van der Waals surface area contributed by atoms with Crippen LogP contribution in [-0.4, -0.2) is 51.5 Å². The van der Waals surface area contributed by atoms with Crippen molar-refractivity contribution in [2.75, 3.05) is 14.2 Å². The van der Waals surface area contributed by atoms with Crippen LogP contribution in [0.5, 0.6) is 0 Å². The van der Waals surface area contributed by atoms with Crippen LogP contribution >= 0.6 is 0 Å². The topological polar surface area (TPSA) is 99.1 Å². The molecule has 4 rings (SSSR count). The van der Waals surface area contributed by atoms with Gasteiger partial charge in [-0.2, -0.15) is 5.10 Å². The highest BCUT2D eigenvalue weighted by molar-refractivity contribution is 5.79. The van der Waals surface area contributed by atoms with E-state index in [4.69, 9.17) is 9.47 Å². The maximum absolute atomic E-state index is 13.3. The summed E-state index contributed by atoms with van der Waals surface area (Å²) < 4.78 is 38.2. The number of methoxy groups -OCH3 is 2. The quantitative estimate of drug-likeness (QED) is 0.797. The first-order valence-corrected chi connectivity index (χ1v) is 9.27. The lowest BCUT2D eigenvalue weighted by Gasteiger charge is -2.36. The number of esters is 1. The van der Waals surface area contributed by atoms with Gasteiger partial charge < -0.3 is 14.5 Å². The molecule has 0 spiro atoms. The van der Waals surface area contributed by atoms with Crippen LogP contribution in [0.25, 0.3) is 11.0 Å². The standard InChI is InChI=1S/C18H22F2N4O4/c1-27-16(26)17(28-2)5-3-10(4-6-17)13-22-14-12(15(25)23-13)9-21-24(14)11-7-18(19,20)8-11/h9-11H,3-8H2,1-2H3,(H,22,23,25). The minimum absolute atomic E-state index is 0.0730. The summed E-state index contributed by atoms with van der Waals surface area (Å²) in [5.41, 5.74) is -0.987. The van der Waals surface area contributed by atoms with E-state index in [-0.39, 0.29) is 29.7 Å². The first kappa shape index (κ1) is 19.0. The van der Waals surface area contributed by atoms with Crippen molar-refractivity contribution in [3.63, 3.8) is 0 Å². The molecule has 2 heterocycles. The lowest BCUT2D eigenvalue weighted by molar-refractivity contribution is -0.170. The van der Waals surface area contributed by atoms with E-state index < -0.39 is 23.5 Å². The number of halogens is 2. The zero-order chi connectivity index (χ0) is 20.1. The van der Waals surface area contributed by atoms with Gasteiger partial charge in [0.25, 0.3) is 11.5 Å². The van der Waals surface area contributed by atoms with Gasteiger partial charge >= 0.3 is 5.97 Å². The monoisotopic (exact) mass is 396 g/mol. The summed E-state index contributed by atoms with van der Waals surface area (Å²) in [6.45, 7) is 0. The van der Waals surface area contributed by atoms with Gasteiger partial charge in [0, 0.05) is 25.9 Å². The molecule has 2 saturated carbocycles. The smallest absolute Gasteiger partial charge is 0.338 e. The van der Waals surface area contributed by atoms with E-state index in [0.717, 1.165) is 0 Å². The van der Waals surface area contributed by atoms with Crippen LogP contribution in [0.2, 0.25) is 0 Å². The highest BCUT2D eigenvalue weighted by atomic mass is 19.3. The molecule has 8 nitrogen and oxygen atoms in total. The molecule has 0 atom stereocenters. The molecule has 152 valence electrons. The third-order valence-corrected chi connectivity index (χ3v) is 6.02. The maximum atomic E-state index is 13.3. The van der Waals surface area contributed by atoms with Gasteiger partial charge in [0.1, 0.15) is 11.2 Å². The number of H-pyrrole nitrogens is 1. The number of carbonyl (C=O) groups excluding carboxylic acids is 1. The van der Waals surface area contributed by atoms with Crippen LogP contribution in [0.3, 0.4) is 0 Å². The summed E-state index contributed by atoms with van der Waals surface area (Å²) in [4.78, 5) is 31.9. The van der Waals surface area contributed by atoms with Crippen LogP contribution < -0.4 is 5.56 Å². The Morgan fingerprint density at radius 3 is 2.54 bits per heavy atom. The number of fused-ring (bicyclic) bond motifs is 1. The van der Waals surface area contributed by atoms with E-state index in [2.05, 4.69) is 15.1 Å². The van der Waals surface area contributed by atoms with Crippen molar-refractivity contribution >= 4 is 17.0 Å². The van der Waals surface area contributed by atoms with Crippen LogP contribution in [-0.2, 0) is 14.3 Å². The molecule has 28 heavy (non-hydrogen) atoms. The molecule has 2 aliphatic rings. The average Bonchev–Trinajstić information content (AvgIpc) is 3.09. The molecule has 1 N–H and O–H groups in total. The predicted molar refractivity (Wildman–Crippen MR) is 94.3 cm³/mol. The minimum Gasteiger partial charge on any atom is -0.467 e. The van der Waals surface area contributed by atoms with Gasteiger partial charge in [0.2, 0.25) is 0 Å². The average molecular weight is 396 g/mol. The van der Waals surface area contributed by atoms with E-state index in [0.29, 0.717) is 37.2 Å². The minimum atomic E-state index is -2.69. The molecule has 0 bridgehead atoms. The Morgan fingerprint density at radius 1 is 1.29 bits per heavy atom. The lowest BCUT2D eigenvalue weighted by Crippen LogP contribution is -2.44. The molecule has 0 unspecified atom stereocenters. The van der Waals surface area contributed by atoms with Gasteiger partial charge in [0.15, 0.2) is 11.2 Å². The third kappa shape index (κ3) is 2.99. The Hall–Kier alpha value is -2.36. The van der Waals surface area contributed by atoms with Gasteiger partial charge in [0.05, 0.1) is 19.3 Å². The van der Waals surface area contributed by atoms with Crippen LogP contribution in [0, 0.1) is 0 Å². The van der Waals surface area contributed by atoms with Gasteiger partial charge in [-0.15, -0.1) is 0 Å². The highest BCUT2D eigenvalue weighted by Gasteiger charge is 2.47. The molecule has 2 aromatic heterocycles. The number of nitrogens with zero attached hydrogens (tertiary/aromatic N) is 3. The van der Waals surface area contributed by atoms with Crippen LogP contribution in [0.15, 0.2) is 11.0 Å². The summed E-state index contributed by atoms with van der Waals surface area (Å²) in [5.74, 6) is -2.68. The maximum Gasteiger partial charge on any atom is 0.338 e. The number of ether oxygens (including phenoxy) is 2. The van der Waals surface area contributed by atoms with Crippen LogP contribution in [0.4, 0.5) is 8.78 Å². The molecule has 0 saturated heterocycles. The molecule has 0 aliphatic heterocycles. The Labute approximate surface area is 159 Å². The first-order chi connectivity index (χ1) is 13.3. The summed E-state index contributed by atoms with van der Waals surface area (Å²) >= 11 is 0. The number of aromatic nitrogens is 4. The van der Waals surface area contributed by atoms with Gasteiger partial charge in [-0.1, -0.05) is 0 Å². The van der Waals surface area contributed by atoms with Gasteiger partial charge in [-0.25, -0.2) is 23.2 Å². The van der Waals surface area contributed by atoms with E-state index in [9.17, 15) is 18.4 Å². The number of hydrogen-bond acceptors (Lipinski definition) is 6. The second-order valence-electron chi connectivity index (χ2n) is 7.66. The van der Waals surface area contributed by atoms with Gasteiger partial charge in [-0.3, -0.25) is 4.79 Å². The SMILES string of the molecule is COC(=O)C1(OC)CCC(c2nc3c(cnn3C3CC(F)(F)C3)c(=O)[nH]2)CC1. The zero-order valence-corrected chi connectivity index (χ0v) is 15.7. The largest absolute Gasteiger partial charge is 0.467 e. The number of nitrogens with one attached hydrogen (secondary N) is 1. The second kappa shape index (κ2) is 6.61. The van der Waals surface area contributed by atoms with Crippen molar-refractivity contribution in [2.45, 2.75) is 62.0 Å². The van der Waals surface area contributed by atoms with Crippen molar-refractivity contribution in [1.82, 2.24) is 19.7 Å². The second-order valence-corrected chi connectivity index (χ2v) is 7.66. The van der Waals surface area contributed by atoms with Crippen molar-refractivity contribution in [3.8, 4) is 0 Å². The number of carbonyl (C=O) groups is 1. The normalized spacial score (nSPS) is 27.5. The molecule has 2 aliphatic carbocycles. The summed E-state index contributed by atoms with van der Waals surface area (Å²) in [5, 5.41) is 4.41. The first-order valence-electron chi connectivity index (χ1n) is 9.27. The van der Waals surface area contributed by atoms with Crippen molar-refractivity contribution in [3.05, 3.63) is 22.4 Å². The summed E-state index contributed by atoms with van der Waals surface area (Å²) in [7, 11) is 2.81. The molecular weight excluding hydrogens is 374 g/mol. The van der Waals surface area contributed by atoms with E-state index in [1.165, 1.54) is 25.1 Å². The summed E-state index contributed by atoms with van der Waals surface area (Å²) in [6, 6.07) is -0.457. The van der Waals surface area contributed by atoms with Crippen molar-refractivity contribution in [1.29, 1.82) is 0 Å². The number of hydrogen-bond donors (Lipinski definition) is 1. The Balaban J connectivity index is 1.60. The lowest BCUT2D eigenvalue weighted by atomic mass is 9.78. The third-order valence-electron chi connectivity index (χ3n) is 6.02. The molecule has 0 aromatic carbocycles. The molecule has 2 aromatic rings. The predicted octanol–water partition coefficient (Wildman–Crippen LogP) is 2.31. The molecule has 0 radical (unpaired) electrons. The molecular formula is C18H22F2N4O4. The van der Waals surface area contributed by atoms with Crippen molar-refractivity contribution < 1.29 is 23.0 Å². The van der Waals surface area contributed by atoms with E-state index in [1.807, 2.05) is 0 Å². The summed E-state index contributed by atoms with van der Waals surface area (Å²) in [6.07, 6.45) is 2.81. The fourth-order valence-corrected chi connectivity index (χ4v) is 4.25. The number of aromatic amines is 1. The molecule has 0 amide bonds. The van der Waals surface area contributed by atoms with Crippen LogP contribution in [0.1, 0.15) is 56.3 Å². The Morgan fingerprint density at radius 2 is 1.96 bits per heavy atom. The Kier molecular flexibility index (Phi) is 4.48. The molecule has 2 fully saturated rings. The van der Waals surface area contributed by atoms with Crippen molar-refractivity contribution in [2.24, 2.45) is 0 Å².